The van der Waals surface area contributed by atoms with E-state index in [9.17, 15) is 19.8 Å². The van der Waals surface area contributed by atoms with Crippen molar-refractivity contribution in [2.75, 3.05) is 33.1 Å². The van der Waals surface area contributed by atoms with Gasteiger partial charge in [-0.3, -0.25) is 14.6 Å². The third-order valence-electron chi connectivity index (χ3n) is 8.50. The highest BCUT2D eigenvalue weighted by Crippen LogP contribution is 2.48. The fourth-order valence-corrected chi connectivity index (χ4v) is 6.30. The Kier molecular flexibility index (Phi) is 11.9. The number of hydrogen-bond donors (Lipinski definition) is 5. The second-order valence-electron chi connectivity index (χ2n) is 11.9. The number of methoxy groups -OCH3 is 1. The zero-order valence-corrected chi connectivity index (χ0v) is 26.7. The molecule has 246 valence electrons. The topological polar surface area (TPSA) is 165 Å². The largest absolute Gasteiger partial charge is 0.504 e. The lowest BCUT2D eigenvalue weighted by Crippen LogP contribution is -2.43. The molecule has 0 spiro atoms. The first kappa shape index (κ1) is 34.2. The second kappa shape index (κ2) is 16.0. The number of ketones is 1. The molecule has 3 atom stereocenters. The normalized spacial score (nSPS) is 20.5. The van der Waals surface area contributed by atoms with Crippen molar-refractivity contribution in [3.63, 3.8) is 0 Å². The molecule has 0 amide bonds. The smallest absolute Gasteiger partial charge is 0.303 e. The number of aromatic hydroxyl groups is 1. The Morgan fingerprint density at radius 3 is 2.76 bits per heavy atom. The number of carbonyl (C=O) groups excluding carboxylic acids is 1. The number of nitrogens with two attached hydrogens (primary N) is 1. The number of aliphatic imine (C=N–C) groups is 1. The Morgan fingerprint density at radius 2 is 2.02 bits per heavy atom. The van der Waals surface area contributed by atoms with Gasteiger partial charge in [0.15, 0.2) is 29.0 Å². The van der Waals surface area contributed by atoms with E-state index in [0.717, 1.165) is 17.5 Å². The number of guanidine groups is 1. The van der Waals surface area contributed by atoms with Crippen LogP contribution in [0.1, 0.15) is 56.1 Å². The van der Waals surface area contributed by atoms with Crippen LogP contribution in [0.4, 0.5) is 5.69 Å². The van der Waals surface area contributed by atoms with Crippen LogP contribution in [-0.2, 0) is 22.4 Å². The number of aliphatic carboxylic acids is 1. The van der Waals surface area contributed by atoms with Gasteiger partial charge >= 0.3 is 5.97 Å². The van der Waals surface area contributed by atoms with Gasteiger partial charge in [-0.25, -0.2) is 0 Å². The number of carbonyl (C=O) groups is 2. The van der Waals surface area contributed by atoms with Gasteiger partial charge in [0.25, 0.3) is 0 Å². The van der Waals surface area contributed by atoms with Crippen LogP contribution in [-0.4, -0.2) is 61.3 Å². The average Bonchev–Trinajstić information content (AvgIpc) is 3.36. The minimum atomic E-state index is -0.806. The average molecular weight is 633 g/mol. The van der Waals surface area contributed by atoms with Crippen molar-refractivity contribution in [1.82, 2.24) is 5.32 Å². The maximum atomic E-state index is 12.6. The third-order valence-corrected chi connectivity index (χ3v) is 8.50. The van der Waals surface area contributed by atoms with Crippen LogP contribution in [0.15, 0.2) is 47.5 Å². The van der Waals surface area contributed by atoms with Crippen molar-refractivity contribution in [1.29, 1.82) is 0 Å². The van der Waals surface area contributed by atoms with Crippen LogP contribution >= 0.6 is 0 Å². The SMILES string of the molecule is CN=C(N)Nc1cc(CCC=CC(=O)CCc2ccc(O)c(OC)c2)cc2c1OC#CC[C@H]1C[C@](CNC)(C[C@H]1CCC(=O)O)O2. The summed E-state index contributed by atoms with van der Waals surface area (Å²) in [6.45, 7) is 0.577. The summed E-state index contributed by atoms with van der Waals surface area (Å²) >= 11 is 0. The zero-order valence-electron chi connectivity index (χ0n) is 26.7. The standard InChI is InChI=1S/C35H44N4O7/c1-37-22-35-20-25(26(21-35)12-15-32(42)43)8-6-16-45-33-28(39-34(36)38-2)17-24(19-31(33)46-35)7-4-5-9-27(40)13-10-23-11-14-29(41)30(18-23)44-3/h5,9,11,14,17-19,25-26,37,41H,4,7-8,10,12-13,15,20-22H2,1-3H3,(H,42,43)(H3,36,38,39)/t25-,26+,35+/m0/s1. The highest BCUT2D eigenvalue weighted by molar-refractivity contribution is 5.94. The van der Waals surface area contributed by atoms with Crippen LogP contribution in [0.25, 0.3) is 0 Å². The molecule has 2 aromatic carbocycles. The van der Waals surface area contributed by atoms with Crippen LogP contribution in [0.2, 0.25) is 0 Å². The molecule has 1 saturated carbocycles. The zero-order chi connectivity index (χ0) is 33.1. The number of rotatable bonds is 14. The summed E-state index contributed by atoms with van der Waals surface area (Å²) in [4.78, 5) is 28.0. The number of allylic oxidation sites excluding steroid dienone is 2. The van der Waals surface area contributed by atoms with Gasteiger partial charge in [0, 0.05) is 32.9 Å². The molecular formula is C35H44N4O7. The maximum absolute atomic E-state index is 12.6. The molecule has 0 aromatic heterocycles. The molecule has 0 saturated heterocycles. The summed E-state index contributed by atoms with van der Waals surface area (Å²) in [6.07, 6.45) is 11.1. The molecule has 0 unspecified atom stereocenters. The number of carboxylic acids is 1. The molecule has 1 fully saturated rings. The molecule has 1 aliphatic carbocycles. The van der Waals surface area contributed by atoms with E-state index in [2.05, 4.69) is 27.7 Å². The number of nitrogens with zero attached hydrogens (tertiary/aromatic N) is 1. The lowest BCUT2D eigenvalue weighted by Gasteiger charge is -2.32. The number of nitrogens with one attached hydrogen (secondary N) is 2. The molecule has 11 heteroatoms. The second-order valence-corrected chi connectivity index (χ2v) is 11.9. The first-order chi connectivity index (χ1) is 22.1. The minimum Gasteiger partial charge on any atom is -0.504 e. The van der Waals surface area contributed by atoms with E-state index in [1.54, 1.807) is 31.3 Å². The molecule has 2 bridgehead atoms. The van der Waals surface area contributed by atoms with E-state index in [-0.39, 0.29) is 35.7 Å². The molecule has 2 aliphatic rings. The summed E-state index contributed by atoms with van der Waals surface area (Å²) in [7, 11) is 4.95. The van der Waals surface area contributed by atoms with Crippen LogP contribution in [0.3, 0.4) is 0 Å². The number of phenolic OH excluding ortho intramolecular Hbond substituents is 1. The van der Waals surface area contributed by atoms with E-state index >= 15 is 0 Å². The van der Waals surface area contributed by atoms with E-state index < -0.39 is 11.6 Å². The number of phenols is 1. The third kappa shape index (κ3) is 9.17. The number of anilines is 1. The van der Waals surface area contributed by atoms with E-state index in [1.807, 2.05) is 25.3 Å². The molecule has 1 aliphatic heterocycles. The van der Waals surface area contributed by atoms with Gasteiger partial charge in [0.05, 0.1) is 12.8 Å². The van der Waals surface area contributed by atoms with Gasteiger partial charge in [-0.05, 0) is 98.9 Å². The Balaban J connectivity index is 1.52. The first-order valence-electron chi connectivity index (χ1n) is 15.6. The fraction of sp³-hybridized carbons (Fsp3) is 0.457. The first-order valence-corrected chi connectivity index (χ1v) is 15.6. The van der Waals surface area contributed by atoms with Crippen molar-refractivity contribution in [3.8, 4) is 35.0 Å². The predicted octanol–water partition coefficient (Wildman–Crippen LogP) is 4.42. The summed E-state index contributed by atoms with van der Waals surface area (Å²) in [5.41, 5.74) is 7.88. The Morgan fingerprint density at radius 1 is 1.20 bits per heavy atom. The van der Waals surface area contributed by atoms with Crippen molar-refractivity contribution < 1.29 is 34.0 Å². The van der Waals surface area contributed by atoms with Crippen molar-refractivity contribution in [3.05, 3.63) is 53.6 Å². The molecule has 0 radical (unpaired) electrons. The van der Waals surface area contributed by atoms with Crippen LogP contribution in [0.5, 0.6) is 23.0 Å². The van der Waals surface area contributed by atoms with E-state index in [4.69, 9.17) is 19.9 Å². The molecule has 1 heterocycles. The van der Waals surface area contributed by atoms with Gasteiger partial charge in [0.1, 0.15) is 11.7 Å². The number of ether oxygens (including phenoxy) is 3. The molecule has 11 nitrogen and oxygen atoms in total. The van der Waals surface area contributed by atoms with Crippen LogP contribution < -0.4 is 30.6 Å². The molecule has 4 rings (SSSR count). The molecule has 46 heavy (non-hydrogen) atoms. The highest BCUT2D eigenvalue weighted by Gasteiger charge is 2.47. The van der Waals surface area contributed by atoms with E-state index in [0.29, 0.717) is 74.4 Å². The van der Waals surface area contributed by atoms with Gasteiger partial charge < -0.3 is 40.8 Å². The predicted molar refractivity (Wildman–Crippen MR) is 176 cm³/mol. The van der Waals surface area contributed by atoms with E-state index in [1.165, 1.54) is 7.11 Å². The number of likely N-dealkylation sites (N-methyl/N-ethyl adjacent to an activating group) is 1. The van der Waals surface area contributed by atoms with Crippen LogP contribution in [0, 0.1) is 23.9 Å². The van der Waals surface area contributed by atoms with Crippen molar-refractivity contribution in [2.45, 2.75) is 63.4 Å². The Bertz CT molecular complexity index is 1530. The molecular weight excluding hydrogens is 588 g/mol. The Hall–Kier alpha value is -4.69. The Labute approximate surface area is 270 Å². The molecule has 6 N–H and O–H groups in total. The summed E-state index contributed by atoms with van der Waals surface area (Å²) in [5, 5.41) is 25.5. The molecule has 2 aromatic rings. The van der Waals surface area contributed by atoms with Crippen molar-refractivity contribution in [2.24, 2.45) is 22.6 Å². The van der Waals surface area contributed by atoms with Gasteiger partial charge in [-0.15, -0.1) is 0 Å². The highest BCUT2D eigenvalue weighted by atomic mass is 16.5. The summed E-state index contributed by atoms with van der Waals surface area (Å²) in [5.74, 6) is 4.25. The summed E-state index contributed by atoms with van der Waals surface area (Å²) in [6, 6.07) is 8.93. The maximum Gasteiger partial charge on any atom is 0.303 e. The number of carboxylic acid groups (broad SMARTS) is 1. The lowest BCUT2D eigenvalue weighted by atomic mass is 9.89. The van der Waals surface area contributed by atoms with Gasteiger partial charge in [-0.2, -0.15) is 0 Å². The van der Waals surface area contributed by atoms with Gasteiger partial charge in [0.2, 0.25) is 5.75 Å². The van der Waals surface area contributed by atoms with Gasteiger partial charge in [-0.1, -0.05) is 18.1 Å². The summed E-state index contributed by atoms with van der Waals surface area (Å²) < 4.78 is 18.0. The number of aryl methyl sites for hydroxylation is 2. The van der Waals surface area contributed by atoms with Crippen molar-refractivity contribution >= 4 is 23.4 Å². The quantitative estimate of drug-likeness (QED) is 0.0872. The minimum absolute atomic E-state index is 0.00405. The number of hydrogen-bond acceptors (Lipinski definition) is 8. The number of fused-ring (bicyclic) bond motifs is 3. The number of benzene rings is 2. The fourth-order valence-electron chi connectivity index (χ4n) is 6.30. The lowest BCUT2D eigenvalue weighted by molar-refractivity contribution is -0.137. The monoisotopic (exact) mass is 632 g/mol.